The fraction of sp³-hybridized carbons (Fsp3) is 0.700. The lowest BCUT2D eigenvalue weighted by Crippen LogP contribution is -2.13. The van der Waals surface area contributed by atoms with Gasteiger partial charge in [0, 0.05) is 25.4 Å². The molecule has 13 heavy (non-hydrogen) atoms. The molecule has 0 N–H and O–H groups in total. The highest BCUT2D eigenvalue weighted by Gasteiger charge is 2.26. The molecule has 2 heterocycles. The van der Waals surface area contributed by atoms with Gasteiger partial charge in [-0.3, -0.25) is 0 Å². The second-order valence-corrected chi connectivity index (χ2v) is 5.67. The van der Waals surface area contributed by atoms with E-state index in [0.717, 1.165) is 13.0 Å². The predicted molar refractivity (Wildman–Crippen MR) is 57.8 cm³/mol. The lowest BCUT2D eigenvalue weighted by Gasteiger charge is -2.15. The molecule has 0 atom stereocenters. The first-order valence-corrected chi connectivity index (χ1v) is 5.51. The van der Waals surface area contributed by atoms with E-state index in [-0.39, 0.29) is 5.41 Å². The third-order valence-electron chi connectivity index (χ3n) is 2.35. The van der Waals surface area contributed by atoms with E-state index in [1.807, 2.05) is 11.3 Å². The van der Waals surface area contributed by atoms with E-state index in [1.165, 1.54) is 15.7 Å². The molecule has 0 bridgehead atoms. The van der Waals surface area contributed by atoms with E-state index in [2.05, 4.69) is 37.7 Å². The maximum atomic E-state index is 4.69. The van der Waals surface area contributed by atoms with Gasteiger partial charge in [-0.05, 0) is 0 Å². The van der Waals surface area contributed by atoms with E-state index in [4.69, 9.17) is 0 Å². The van der Waals surface area contributed by atoms with Crippen LogP contribution >= 0.6 is 11.3 Å². The molecule has 72 valence electrons. The van der Waals surface area contributed by atoms with Crippen LogP contribution in [-0.4, -0.2) is 18.6 Å². The summed E-state index contributed by atoms with van der Waals surface area (Å²) >= 11 is 1.85. The van der Waals surface area contributed by atoms with Crippen LogP contribution in [0.15, 0.2) is 0 Å². The van der Waals surface area contributed by atoms with Crippen LogP contribution in [0.2, 0.25) is 0 Å². The summed E-state index contributed by atoms with van der Waals surface area (Å²) in [5, 5.41) is 2.65. The number of nitrogens with zero attached hydrogens (tertiary/aromatic N) is 2. The quantitative estimate of drug-likeness (QED) is 0.633. The van der Waals surface area contributed by atoms with Crippen molar-refractivity contribution in [2.24, 2.45) is 0 Å². The first-order chi connectivity index (χ1) is 5.98. The van der Waals surface area contributed by atoms with Gasteiger partial charge in [-0.15, -0.1) is 11.3 Å². The molecule has 0 fully saturated rings. The maximum absolute atomic E-state index is 4.69. The van der Waals surface area contributed by atoms with Crippen molar-refractivity contribution >= 4 is 16.3 Å². The van der Waals surface area contributed by atoms with E-state index in [0.29, 0.717) is 0 Å². The molecule has 0 unspecified atom stereocenters. The molecule has 0 saturated heterocycles. The van der Waals surface area contributed by atoms with Gasteiger partial charge < -0.3 is 4.90 Å². The molecule has 0 aliphatic carbocycles. The Kier molecular flexibility index (Phi) is 1.88. The lowest BCUT2D eigenvalue weighted by atomic mass is 9.98. The fourth-order valence-corrected chi connectivity index (χ4v) is 2.66. The van der Waals surface area contributed by atoms with E-state index >= 15 is 0 Å². The van der Waals surface area contributed by atoms with E-state index < -0.39 is 0 Å². The summed E-state index contributed by atoms with van der Waals surface area (Å²) in [6.45, 7) is 7.81. The number of rotatable bonds is 0. The Morgan fingerprint density at radius 2 is 2.08 bits per heavy atom. The van der Waals surface area contributed by atoms with Gasteiger partial charge in [-0.2, -0.15) is 0 Å². The van der Waals surface area contributed by atoms with Gasteiger partial charge in [0.2, 0.25) is 0 Å². The number of aromatic nitrogens is 1. The Morgan fingerprint density at radius 1 is 1.38 bits per heavy atom. The number of likely N-dealkylation sites (N-methyl/N-ethyl adjacent to an activating group) is 1. The number of anilines is 1. The number of hydrogen-bond donors (Lipinski definition) is 0. The van der Waals surface area contributed by atoms with E-state index in [9.17, 15) is 0 Å². The van der Waals surface area contributed by atoms with Gasteiger partial charge in [0.1, 0.15) is 10.0 Å². The van der Waals surface area contributed by atoms with Crippen molar-refractivity contribution < 1.29 is 0 Å². The summed E-state index contributed by atoms with van der Waals surface area (Å²) in [6.07, 6.45) is 1.12. The molecule has 3 heteroatoms. The van der Waals surface area contributed by atoms with Crippen molar-refractivity contribution in [3.8, 4) is 0 Å². The Labute approximate surface area is 83.6 Å². The zero-order valence-corrected chi connectivity index (χ0v) is 9.53. The largest absolute Gasteiger partial charge is 0.365 e. The summed E-state index contributed by atoms with van der Waals surface area (Å²) in [5.41, 5.74) is 1.51. The molecule has 0 amide bonds. The monoisotopic (exact) mass is 196 g/mol. The van der Waals surface area contributed by atoms with Crippen LogP contribution in [0, 0.1) is 0 Å². The summed E-state index contributed by atoms with van der Waals surface area (Å²) in [4.78, 5) is 7.00. The summed E-state index contributed by atoms with van der Waals surface area (Å²) in [6, 6.07) is 0. The standard InChI is InChI=1S/C10H16N2S/c1-10(2,3)9-11-7-5-6-12(4)8(7)13-9/h5-6H2,1-4H3. The molecule has 0 spiro atoms. The van der Waals surface area contributed by atoms with Gasteiger partial charge in [0.25, 0.3) is 0 Å². The van der Waals surface area contributed by atoms with Gasteiger partial charge >= 0.3 is 0 Å². The first-order valence-electron chi connectivity index (χ1n) is 4.70. The minimum absolute atomic E-state index is 0.204. The minimum atomic E-state index is 0.204. The zero-order chi connectivity index (χ0) is 9.64. The van der Waals surface area contributed by atoms with Gasteiger partial charge in [-0.25, -0.2) is 4.98 Å². The van der Waals surface area contributed by atoms with Gasteiger partial charge in [0.05, 0.1) is 5.69 Å². The van der Waals surface area contributed by atoms with Crippen LogP contribution in [0.3, 0.4) is 0 Å². The highest BCUT2D eigenvalue weighted by molar-refractivity contribution is 7.16. The molecule has 1 aliphatic heterocycles. The molecule has 1 aromatic rings. The topological polar surface area (TPSA) is 16.1 Å². The maximum Gasteiger partial charge on any atom is 0.114 e. The molecule has 1 aliphatic rings. The fourth-order valence-electron chi connectivity index (χ4n) is 1.50. The van der Waals surface area contributed by atoms with Gasteiger partial charge in [-0.1, -0.05) is 20.8 Å². The summed E-state index contributed by atoms with van der Waals surface area (Å²) < 4.78 is 0. The average molecular weight is 196 g/mol. The molecule has 0 aromatic carbocycles. The Balaban J connectivity index is 2.40. The highest BCUT2D eigenvalue weighted by atomic mass is 32.1. The normalized spacial score (nSPS) is 16.5. The second-order valence-electron chi connectivity index (χ2n) is 4.69. The van der Waals surface area contributed by atoms with Crippen LogP contribution in [0.25, 0.3) is 0 Å². The SMILES string of the molecule is CN1CCc2nc(C(C)(C)C)sc21. The smallest absolute Gasteiger partial charge is 0.114 e. The molecule has 0 radical (unpaired) electrons. The molecule has 0 saturated carbocycles. The molecule has 2 nitrogen and oxygen atoms in total. The Morgan fingerprint density at radius 3 is 2.62 bits per heavy atom. The first kappa shape index (κ1) is 9.00. The van der Waals surface area contributed by atoms with Crippen LogP contribution in [0.5, 0.6) is 0 Å². The number of fused-ring (bicyclic) bond motifs is 1. The van der Waals surface area contributed by atoms with Crippen LogP contribution < -0.4 is 4.90 Å². The average Bonchev–Trinajstić information content (AvgIpc) is 2.51. The minimum Gasteiger partial charge on any atom is -0.365 e. The van der Waals surface area contributed by atoms with Crippen LogP contribution in [-0.2, 0) is 11.8 Å². The van der Waals surface area contributed by atoms with Crippen molar-refractivity contribution in [2.75, 3.05) is 18.5 Å². The molecular weight excluding hydrogens is 180 g/mol. The summed E-state index contributed by atoms with van der Waals surface area (Å²) in [7, 11) is 2.15. The third-order valence-corrected chi connectivity index (χ3v) is 3.99. The molecule has 2 rings (SSSR count). The second kappa shape index (κ2) is 2.71. The van der Waals surface area contributed by atoms with Crippen molar-refractivity contribution in [3.05, 3.63) is 10.7 Å². The molecular formula is C10H16N2S. The van der Waals surface area contributed by atoms with Crippen LogP contribution in [0.4, 0.5) is 5.00 Å². The Hall–Kier alpha value is -0.570. The van der Waals surface area contributed by atoms with Gasteiger partial charge in [0.15, 0.2) is 0 Å². The molecule has 1 aromatic heterocycles. The van der Waals surface area contributed by atoms with Crippen molar-refractivity contribution in [3.63, 3.8) is 0 Å². The van der Waals surface area contributed by atoms with Crippen molar-refractivity contribution in [1.29, 1.82) is 0 Å². The lowest BCUT2D eigenvalue weighted by molar-refractivity contribution is 0.583. The van der Waals surface area contributed by atoms with Crippen molar-refractivity contribution in [2.45, 2.75) is 32.6 Å². The van der Waals surface area contributed by atoms with Crippen LogP contribution in [0.1, 0.15) is 31.5 Å². The third kappa shape index (κ3) is 1.46. The zero-order valence-electron chi connectivity index (χ0n) is 8.72. The summed E-state index contributed by atoms with van der Waals surface area (Å²) in [5.74, 6) is 0. The van der Waals surface area contributed by atoms with E-state index in [1.54, 1.807) is 0 Å². The Bertz CT molecular complexity index is 322. The highest BCUT2D eigenvalue weighted by Crippen LogP contribution is 2.37. The number of thiazole rings is 1. The van der Waals surface area contributed by atoms with Crippen molar-refractivity contribution in [1.82, 2.24) is 4.98 Å². The predicted octanol–water partition coefficient (Wildman–Crippen LogP) is 2.43. The number of hydrogen-bond acceptors (Lipinski definition) is 3.